The molecule has 0 amide bonds. The van der Waals surface area contributed by atoms with Gasteiger partial charge in [-0.25, -0.2) is 13.1 Å². The van der Waals surface area contributed by atoms with Gasteiger partial charge in [-0.1, -0.05) is 6.42 Å². The Kier molecular flexibility index (Phi) is 5.19. The van der Waals surface area contributed by atoms with Gasteiger partial charge in [0.15, 0.2) is 0 Å². The maximum absolute atomic E-state index is 12.3. The molecule has 0 aromatic carbocycles. The van der Waals surface area contributed by atoms with Crippen LogP contribution >= 0.6 is 11.3 Å². The lowest BCUT2D eigenvalue weighted by Gasteiger charge is -2.32. The predicted octanol–water partition coefficient (Wildman–Crippen LogP) is 1.31. The number of nitrogens with zero attached hydrogens (tertiary/aromatic N) is 1. The number of sulfonamides is 1. The molecule has 2 heterocycles. The van der Waals surface area contributed by atoms with Crippen LogP contribution in [0.4, 0.5) is 0 Å². The molecule has 20 heavy (non-hydrogen) atoms. The van der Waals surface area contributed by atoms with Gasteiger partial charge in [0, 0.05) is 22.3 Å². The molecule has 1 saturated heterocycles. The van der Waals surface area contributed by atoms with E-state index in [1.165, 1.54) is 17.8 Å². The number of hydrogen-bond acceptors (Lipinski definition) is 5. The van der Waals surface area contributed by atoms with Gasteiger partial charge in [0.2, 0.25) is 10.0 Å². The van der Waals surface area contributed by atoms with Crippen LogP contribution in [-0.4, -0.2) is 44.6 Å². The van der Waals surface area contributed by atoms with Crippen molar-refractivity contribution in [2.75, 3.05) is 20.1 Å². The van der Waals surface area contributed by atoms with E-state index in [1.54, 1.807) is 13.0 Å². The highest BCUT2D eigenvalue weighted by Crippen LogP contribution is 2.25. The van der Waals surface area contributed by atoms with Gasteiger partial charge in [-0.05, 0) is 39.4 Å². The molecule has 0 bridgehead atoms. The van der Waals surface area contributed by atoms with Gasteiger partial charge in [0.25, 0.3) is 0 Å². The van der Waals surface area contributed by atoms with Crippen molar-refractivity contribution in [3.63, 3.8) is 0 Å². The van der Waals surface area contributed by atoms with Crippen molar-refractivity contribution in [1.29, 1.82) is 0 Å². The van der Waals surface area contributed by atoms with Gasteiger partial charge in [-0.3, -0.25) is 0 Å². The summed E-state index contributed by atoms with van der Waals surface area (Å²) in [7, 11) is -1.44. The molecule has 1 aromatic heterocycles. The van der Waals surface area contributed by atoms with E-state index in [-0.39, 0.29) is 12.6 Å². The highest BCUT2D eigenvalue weighted by atomic mass is 32.2. The Balaban J connectivity index is 2.05. The third-order valence-corrected chi connectivity index (χ3v) is 6.51. The Morgan fingerprint density at radius 2 is 2.25 bits per heavy atom. The average molecular weight is 318 g/mol. The number of piperidine rings is 1. The maximum Gasteiger partial charge on any atom is 0.241 e. The molecule has 1 aromatic rings. The molecule has 1 aliphatic rings. The summed E-state index contributed by atoms with van der Waals surface area (Å²) in [6.45, 7) is 3.12. The quantitative estimate of drug-likeness (QED) is 0.859. The van der Waals surface area contributed by atoms with Crippen molar-refractivity contribution < 1.29 is 13.5 Å². The number of likely N-dealkylation sites (tertiary alicyclic amines) is 1. The van der Waals surface area contributed by atoms with E-state index in [0.29, 0.717) is 16.3 Å². The standard InChI is InChI=1S/C13H22N2O3S2/c1-10-13(7-12(9-16)19-10)20(17,18)14-8-11-5-3-4-6-15(11)2/h7,11,14,16H,3-6,8-9H2,1-2H3. The molecule has 1 unspecified atom stereocenters. The lowest BCUT2D eigenvalue weighted by atomic mass is 10.0. The van der Waals surface area contributed by atoms with E-state index < -0.39 is 10.0 Å². The van der Waals surface area contributed by atoms with E-state index in [9.17, 15) is 8.42 Å². The zero-order chi connectivity index (χ0) is 14.8. The Hall–Kier alpha value is -0.470. The van der Waals surface area contributed by atoms with Crippen LogP contribution in [0.25, 0.3) is 0 Å². The number of aliphatic hydroxyl groups excluding tert-OH is 1. The highest BCUT2D eigenvalue weighted by Gasteiger charge is 2.24. The molecular formula is C13H22N2O3S2. The zero-order valence-corrected chi connectivity index (χ0v) is 13.6. The largest absolute Gasteiger partial charge is 0.391 e. The molecule has 114 valence electrons. The van der Waals surface area contributed by atoms with Gasteiger partial charge in [0.05, 0.1) is 11.5 Å². The van der Waals surface area contributed by atoms with Crippen molar-refractivity contribution >= 4 is 21.4 Å². The van der Waals surface area contributed by atoms with Gasteiger partial charge in [-0.2, -0.15) is 0 Å². The lowest BCUT2D eigenvalue weighted by molar-refractivity contribution is 0.187. The highest BCUT2D eigenvalue weighted by molar-refractivity contribution is 7.89. The van der Waals surface area contributed by atoms with E-state index in [0.717, 1.165) is 24.3 Å². The van der Waals surface area contributed by atoms with Gasteiger partial charge in [-0.15, -0.1) is 11.3 Å². The monoisotopic (exact) mass is 318 g/mol. The van der Waals surface area contributed by atoms with Crippen molar-refractivity contribution in [3.05, 3.63) is 15.8 Å². The smallest absolute Gasteiger partial charge is 0.241 e. The fraction of sp³-hybridized carbons (Fsp3) is 0.692. The Labute approximate surface area is 124 Å². The van der Waals surface area contributed by atoms with Crippen LogP contribution in [0.1, 0.15) is 29.0 Å². The maximum atomic E-state index is 12.3. The molecule has 1 aliphatic heterocycles. The molecule has 0 aliphatic carbocycles. The summed E-state index contributed by atoms with van der Waals surface area (Å²) in [5.41, 5.74) is 0. The van der Waals surface area contributed by atoms with E-state index in [2.05, 4.69) is 9.62 Å². The minimum atomic E-state index is -3.48. The average Bonchev–Trinajstić information content (AvgIpc) is 2.80. The molecule has 1 atom stereocenters. The first kappa shape index (κ1) is 15.9. The van der Waals surface area contributed by atoms with Crippen molar-refractivity contribution in [2.45, 2.75) is 43.7 Å². The summed E-state index contributed by atoms with van der Waals surface area (Å²) in [6.07, 6.45) is 3.37. The Bertz CT molecular complexity index is 554. The van der Waals surface area contributed by atoms with Crippen LogP contribution < -0.4 is 4.72 Å². The molecule has 5 nitrogen and oxygen atoms in total. The third-order valence-electron chi connectivity index (χ3n) is 3.80. The summed E-state index contributed by atoms with van der Waals surface area (Å²) in [5, 5.41) is 9.10. The normalized spacial score (nSPS) is 21.2. The van der Waals surface area contributed by atoms with Crippen LogP contribution in [0.15, 0.2) is 11.0 Å². The van der Waals surface area contributed by atoms with Crippen LogP contribution in [0.2, 0.25) is 0 Å². The molecule has 2 N–H and O–H groups in total. The molecule has 0 saturated carbocycles. The minimum Gasteiger partial charge on any atom is -0.391 e. The summed E-state index contributed by atoms with van der Waals surface area (Å²) in [5.74, 6) is 0. The number of aryl methyl sites for hydroxylation is 1. The predicted molar refractivity (Wildman–Crippen MR) is 80.4 cm³/mol. The van der Waals surface area contributed by atoms with Gasteiger partial charge >= 0.3 is 0 Å². The first-order valence-corrected chi connectivity index (χ1v) is 9.14. The van der Waals surface area contributed by atoms with E-state index >= 15 is 0 Å². The van der Waals surface area contributed by atoms with Crippen LogP contribution in [0.3, 0.4) is 0 Å². The molecule has 1 fully saturated rings. The van der Waals surface area contributed by atoms with Crippen LogP contribution in [-0.2, 0) is 16.6 Å². The lowest BCUT2D eigenvalue weighted by Crippen LogP contribution is -2.44. The number of rotatable bonds is 5. The summed E-state index contributed by atoms with van der Waals surface area (Å²) in [4.78, 5) is 3.91. The molecule has 7 heteroatoms. The molecule has 0 spiro atoms. The summed E-state index contributed by atoms with van der Waals surface area (Å²) in [6, 6.07) is 1.84. The van der Waals surface area contributed by atoms with Crippen LogP contribution in [0, 0.1) is 6.92 Å². The molecule has 0 radical (unpaired) electrons. The number of thiophene rings is 1. The van der Waals surface area contributed by atoms with Crippen molar-refractivity contribution in [3.8, 4) is 0 Å². The topological polar surface area (TPSA) is 69.6 Å². The van der Waals surface area contributed by atoms with Gasteiger partial charge in [0.1, 0.15) is 0 Å². The van der Waals surface area contributed by atoms with E-state index in [4.69, 9.17) is 5.11 Å². The zero-order valence-electron chi connectivity index (χ0n) is 11.9. The third kappa shape index (κ3) is 3.59. The van der Waals surface area contributed by atoms with Gasteiger partial charge < -0.3 is 10.0 Å². The molecular weight excluding hydrogens is 296 g/mol. The van der Waals surface area contributed by atoms with Crippen LogP contribution in [0.5, 0.6) is 0 Å². The fourth-order valence-electron chi connectivity index (χ4n) is 2.55. The first-order chi connectivity index (χ1) is 9.44. The summed E-state index contributed by atoms with van der Waals surface area (Å²) >= 11 is 1.32. The second-order valence-electron chi connectivity index (χ2n) is 5.27. The number of nitrogens with one attached hydrogen (secondary N) is 1. The second-order valence-corrected chi connectivity index (χ2v) is 8.35. The van der Waals surface area contributed by atoms with Crippen molar-refractivity contribution in [2.24, 2.45) is 0 Å². The first-order valence-electron chi connectivity index (χ1n) is 6.84. The Morgan fingerprint density at radius 1 is 1.50 bits per heavy atom. The fourth-order valence-corrected chi connectivity index (χ4v) is 5.12. The Morgan fingerprint density at radius 3 is 2.85 bits per heavy atom. The molecule has 2 rings (SSSR count). The van der Waals surface area contributed by atoms with Crippen molar-refractivity contribution in [1.82, 2.24) is 9.62 Å². The number of likely N-dealkylation sites (N-methyl/N-ethyl adjacent to an activating group) is 1. The van der Waals surface area contributed by atoms with E-state index in [1.807, 2.05) is 7.05 Å². The second kappa shape index (κ2) is 6.53. The number of aliphatic hydroxyl groups is 1. The minimum absolute atomic E-state index is 0.119. The SMILES string of the molecule is Cc1sc(CO)cc1S(=O)(=O)NCC1CCCCN1C. The number of hydrogen-bond donors (Lipinski definition) is 2. The summed E-state index contributed by atoms with van der Waals surface area (Å²) < 4.78 is 27.4.